The molecule has 1 aromatic heterocycles. The van der Waals surface area contributed by atoms with Gasteiger partial charge in [0.25, 0.3) is 0 Å². The van der Waals surface area contributed by atoms with Crippen molar-refractivity contribution in [2.24, 2.45) is 4.99 Å². The van der Waals surface area contributed by atoms with Gasteiger partial charge in [-0.05, 0) is 46.8 Å². The van der Waals surface area contributed by atoms with E-state index in [4.69, 9.17) is 4.74 Å². The maximum Gasteiger partial charge on any atom is 0.191 e. The summed E-state index contributed by atoms with van der Waals surface area (Å²) in [5.41, 5.74) is 0.0451. The van der Waals surface area contributed by atoms with Crippen LogP contribution in [0, 0.1) is 6.92 Å². The lowest BCUT2D eigenvalue weighted by atomic mass is 10.00. The molecule has 0 aliphatic carbocycles. The maximum absolute atomic E-state index is 5.85. The Morgan fingerprint density at radius 2 is 1.92 bits per heavy atom. The average molecular weight is 480 g/mol. The van der Waals surface area contributed by atoms with Crippen molar-refractivity contribution >= 4 is 41.3 Å². The fourth-order valence-electron chi connectivity index (χ4n) is 3.06. The van der Waals surface area contributed by atoms with Crippen molar-refractivity contribution in [2.45, 2.75) is 58.9 Å². The largest absolute Gasteiger partial charge is 0.373 e. The number of ether oxygens (including phenoxy) is 1. The van der Waals surface area contributed by atoms with Gasteiger partial charge < -0.3 is 15.4 Å². The summed E-state index contributed by atoms with van der Waals surface area (Å²) < 4.78 is 5.85. The molecule has 0 radical (unpaired) electrons. The SMILES string of the molecule is CN=C(NCc1ccc(C)s1)NCC(C)(C)N1CC(C)OC(C)C1.I. The van der Waals surface area contributed by atoms with Crippen LogP contribution in [0.25, 0.3) is 0 Å². The van der Waals surface area contributed by atoms with Crippen molar-refractivity contribution in [3.8, 4) is 0 Å². The third-order valence-corrected chi connectivity index (χ3v) is 5.41. The van der Waals surface area contributed by atoms with Crippen LogP contribution in [-0.4, -0.2) is 55.3 Å². The second-order valence-electron chi connectivity index (χ2n) is 7.27. The van der Waals surface area contributed by atoms with Gasteiger partial charge in [-0.25, -0.2) is 0 Å². The molecule has 1 saturated heterocycles. The first-order valence-corrected chi connectivity index (χ1v) is 9.52. The summed E-state index contributed by atoms with van der Waals surface area (Å²) in [6.07, 6.45) is 0.570. The summed E-state index contributed by atoms with van der Waals surface area (Å²) in [5, 5.41) is 6.87. The Labute approximate surface area is 173 Å². The Morgan fingerprint density at radius 1 is 1.28 bits per heavy atom. The van der Waals surface area contributed by atoms with Crippen LogP contribution in [0.15, 0.2) is 17.1 Å². The minimum Gasteiger partial charge on any atom is -0.373 e. The molecule has 0 saturated carbocycles. The van der Waals surface area contributed by atoms with Crippen LogP contribution in [-0.2, 0) is 11.3 Å². The third kappa shape index (κ3) is 7.03. The molecule has 0 aromatic carbocycles. The van der Waals surface area contributed by atoms with Gasteiger partial charge >= 0.3 is 0 Å². The number of hydrogen-bond donors (Lipinski definition) is 2. The summed E-state index contributed by atoms with van der Waals surface area (Å²) in [7, 11) is 1.82. The van der Waals surface area contributed by atoms with Gasteiger partial charge in [-0.15, -0.1) is 35.3 Å². The van der Waals surface area contributed by atoms with E-state index in [2.05, 4.69) is 67.3 Å². The zero-order valence-electron chi connectivity index (χ0n) is 16.3. The molecule has 1 fully saturated rings. The van der Waals surface area contributed by atoms with Crippen molar-refractivity contribution in [3.05, 3.63) is 21.9 Å². The second-order valence-corrected chi connectivity index (χ2v) is 8.64. The number of guanidine groups is 1. The highest BCUT2D eigenvalue weighted by molar-refractivity contribution is 14.0. The van der Waals surface area contributed by atoms with E-state index in [-0.39, 0.29) is 41.7 Å². The van der Waals surface area contributed by atoms with Gasteiger partial charge in [0.15, 0.2) is 5.96 Å². The third-order valence-electron chi connectivity index (χ3n) is 4.41. The van der Waals surface area contributed by atoms with Crippen LogP contribution in [0.2, 0.25) is 0 Å². The molecule has 1 aliphatic heterocycles. The van der Waals surface area contributed by atoms with E-state index in [0.29, 0.717) is 0 Å². The summed E-state index contributed by atoms with van der Waals surface area (Å²) in [6, 6.07) is 4.32. The second kappa shape index (κ2) is 10.1. The van der Waals surface area contributed by atoms with Gasteiger partial charge in [-0.2, -0.15) is 0 Å². The van der Waals surface area contributed by atoms with Crippen molar-refractivity contribution in [1.82, 2.24) is 15.5 Å². The van der Waals surface area contributed by atoms with Crippen LogP contribution in [0.5, 0.6) is 0 Å². The highest BCUT2D eigenvalue weighted by Gasteiger charge is 2.33. The summed E-state index contributed by atoms with van der Waals surface area (Å²) in [6.45, 7) is 14.6. The number of nitrogens with zero attached hydrogens (tertiary/aromatic N) is 2. The molecule has 2 unspecified atom stereocenters. The summed E-state index contributed by atoms with van der Waals surface area (Å²) in [4.78, 5) is 9.52. The van der Waals surface area contributed by atoms with Crippen molar-refractivity contribution in [1.29, 1.82) is 0 Å². The van der Waals surface area contributed by atoms with Gasteiger partial charge in [-0.1, -0.05) is 0 Å². The maximum atomic E-state index is 5.85. The molecule has 0 spiro atoms. The van der Waals surface area contributed by atoms with E-state index >= 15 is 0 Å². The predicted molar refractivity (Wildman–Crippen MR) is 118 cm³/mol. The lowest BCUT2D eigenvalue weighted by Gasteiger charge is -2.45. The molecule has 25 heavy (non-hydrogen) atoms. The molecule has 2 N–H and O–H groups in total. The molecule has 144 valence electrons. The summed E-state index contributed by atoms with van der Waals surface area (Å²) in [5.74, 6) is 0.850. The zero-order chi connectivity index (χ0) is 17.7. The number of thiophene rings is 1. The van der Waals surface area contributed by atoms with Crippen LogP contribution < -0.4 is 10.6 Å². The van der Waals surface area contributed by atoms with Crippen molar-refractivity contribution in [3.63, 3.8) is 0 Å². The van der Waals surface area contributed by atoms with E-state index in [1.807, 2.05) is 18.4 Å². The fraction of sp³-hybridized carbons (Fsp3) is 0.722. The van der Waals surface area contributed by atoms with Gasteiger partial charge in [0.1, 0.15) is 0 Å². The molecule has 5 nitrogen and oxygen atoms in total. The van der Waals surface area contributed by atoms with Crippen LogP contribution in [0.1, 0.15) is 37.4 Å². The summed E-state index contributed by atoms with van der Waals surface area (Å²) >= 11 is 1.82. The zero-order valence-corrected chi connectivity index (χ0v) is 19.4. The van der Waals surface area contributed by atoms with Crippen molar-refractivity contribution < 1.29 is 4.74 Å². The Kier molecular flexibility index (Phi) is 9.14. The standard InChI is InChI=1S/C18H32N4OS.HI/c1-13-10-22(11-14(2)23-13)18(4,5)12-21-17(19-6)20-9-16-8-7-15(3)24-16;/h7-8,13-14H,9-12H2,1-6H3,(H2,19,20,21);1H. The number of hydrogen-bond acceptors (Lipinski definition) is 4. The van der Waals surface area contributed by atoms with Crippen molar-refractivity contribution in [2.75, 3.05) is 26.7 Å². The first-order chi connectivity index (χ1) is 11.3. The number of nitrogens with one attached hydrogen (secondary N) is 2. The first kappa shape index (κ1) is 22.7. The van der Waals surface area contributed by atoms with E-state index in [0.717, 1.165) is 32.1 Å². The van der Waals surface area contributed by atoms with Gasteiger partial charge in [0.05, 0.1) is 18.8 Å². The molecule has 2 heterocycles. The van der Waals surface area contributed by atoms with E-state index < -0.39 is 0 Å². The number of morpholine rings is 1. The number of aliphatic imine (C=N–C) groups is 1. The molecule has 0 bridgehead atoms. The molecule has 0 amide bonds. The average Bonchev–Trinajstić information content (AvgIpc) is 2.92. The topological polar surface area (TPSA) is 48.9 Å². The molecule has 1 aliphatic rings. The smallest absolute Gasteiger partial charge is 0.191 e. The van der Waals surface area contributed by atoms with Gasteiger partial charge in [0.2, 0.25) is 0 Å². The first-order valence-electron chi connectivity index (χ1n) is 8.70. The molecular weight excluding hydrogens is 447 g/mol. The van der Waals surface area contributed by atoms with E-state index in [9.17, 15) is 0 Å². The minimum atomic E-state index is 0. The molecule has 1 aromatic rings. The number of rotatable bonds is 5. The molecule has 2 atom stereocenters. The van der Waals surface area contributed by atoms with Crippen LogP contribution in [0.3, 0.4) is 0 Å². The fourth-order valence-corrected chi connectivity index (χ4v) is 3.89. The molecular formula is C18H33IN4OS. The van der Waals surface area contributed by atoms with Crippen LogP contribution >= 0.6 is 35.3 Å². The predicted octanol–water partition coefficient (Wildman–Crippen LogP) is 3.23. The Balaban J connectivity index is 0.00000312. The van der Waals surface area contributed by atoms with Crippen LogP contribution in [0.4, 0.5) is 0 Å². The lowest BCUT2D eigenvalue weighted by molar-refractivity contribution is -0.0946. The Bertz CT molecular complexity index is 551. The highest BCUT2D eigenvalue weighted by atomic mass is 127. The molecule has 7 heteroatoms. The molecule has 2 rings (SSSR count). The monoisotopic (exact) mass is 480 g/mol. The van der Waals surface area contributed by atoms with Gasteiger partial charge in [0, 0.05) is 42.0 Å². The highest BCUT2D eigenvalue weighted by Crippen LogP contribution is 2.20. The van der Waals surface area contributed by atoms with Gasteiger partial charge in [-0.3, -0.25) is 9.89 Å². The van der Waals surface area contributed by atoms with E-state index in [1.165, 1.54) is 9.75 Å². The quantitative estimate of drug-likeness (QED) is 0.386. The number of halogens is 1. The Morgan fingerprint density at radius 3 is 2.44 bits per heavy atom. The Hall–Kier alpha value is -0.380. The minimum absolute atomic E-state index is 0. The lowest BCUT2D eigenvalue weighted by Crippen LogP contribution is -2.59. The number of aryl methyl sites for hydroxylation is 1. The normalized spacial score (nSPS) is 22.4. The van der Waals surface area contributed by atoms with E-state index in [1.54, 1.807) is 0 Å².